The number of rotatable bonds is 6. The van der Waals surface area contributed by atoms with Crippen LogP contribution in [0, 0.1) is 13.7 Å². The van der Waals surface area contributed by atoms with Crippen molar-refractivity contribution in [1.82, 2.24) is 5.16 Å². The summed E-state index contributed by atoms with van der Waals surface area (Å²) in [7, 11) is -2.42. The Balaban J connectivity index is 2.75. The van der Waals surface area contributed by atoms with Crippen molar-refractivity contribution >= 4 is 33.2 Å². The molecule has 0 fully saturated rings. The molecule has 126 valence electrons. The van der Waals surface area contributed by atoms with E-state index in [1.807, 2.05) is 0 Å². The van der Waals surface area contributed by atoms with Crippen molar-refractivity contribution in [3.63, 3.8) is 0 Å². The average molecular weight is 366 g/mol. The molecule has 2 rings (SSSR count). The summed E-state index contributed by atoms with van der Waals surface area (Å²) in [5.41, 5.74) is -1.80. The number of ether oxygens (including phenoxy) is 2. The molecule has 0 aliphatic heterocycles. The molecule has 2 aromatic heterocycles. The summed E-state index contributed by atoms with van der Waals surface area (Å²) < 4.78 is 86.4. The van der Waals surface area contributed by atoms with Crippen LogP contribution >= 0.6 is 11.3 Å². The van der Waals surface area contributed by atoms with Gasteiger partial charge in [-0.2, -0.15) is 0 Å². The monoisotopic (exact) mass is 366 g/mol. The van der Waals surface area contributed by atoms with Crippen molar-refractivity contribution in [2.45, 2.75) is 18.6 Å². The predicted molar refractivity (Wildman–Crippen MR) is 83.2 cm³/mol. The highest BCUT2D eigenvalue weighted by Gasteiger charge is 2.34. The topological polar surface area (TPSA) is 98.9 Å². The van der Waals surface area contributed by atoms with Gasteiger partial charge in [-0.3, -0.25) is 0 Å². The minimum Gasteiger partial charge on any atom is -0.465 e. The van der Waals surface area contributed by atoms with Crippen molar-refractivity contribution in [1.29, 1.82) is 0 Å². The molecule has 2 heterocycles. The molecular weight excluding hydrogens is 344 g/mol. The van der Waals surface area contributed by atoms with Crippen molar-refractivity contribution in [3.05, 3.63) is 27.6 Å². The summed E-state index contributed by atoms with van der Waals surface area (Å²) >= 11 is 0.790. The molecule has 0 amide bonds. The van der Waals surface area contributed by atoms with Crippen LogP contribution in [0.1, 0.15) is 29.2 Å². The second-order valence-corrected chi connectivity index (χ2v) is 6.84. The first-order chi connectivity index (χ1) is 13.3. The molecule has 0 atom stereocenters. The SMILES string of the molecule is [2H]C([2H])([2H])c1noc(N(COC)S(=O)(=O)c2ccsc2C(=O)OC)c1C([2H])([2H])[2H]. The Hall–Kier alpha value is -1.91. The number of aryl methyl sites for hydroxylation is 1. The largest absolute Gasteiger partial charge is 0.465 e. The highest BCUT2D eigenvalue weighted by Crippen LogP contribution is 2.31. The van der Waals surface area contributed by atoms with Gasteiger partial charge in [-0.1, -0.05) is 5.16 Å². The average Bonchev–Trinajstić information content (AvgIpc) is 3.24. The van der Waals surface area contributed by atoms with Crippen molar-refractivity contribution < 1.29 is 35.4 Å². The summed E-state index contributed by atoms with van der Waals surface area (Å²) in [6.45, 7) is -6.79. The Morgan fingerprint density at radius 1 is 1.48 bits per heavy atom. The molecule has 0 saturated carbocycles. The molecule has 0 radical (unpaired) electrons. The number of nitrogens with zero attached hydrogens (tertiary/aromatic N) is 2. The summed E-state index contributed by atoms with van der Waals surface area (Å²) in [6.07, 6.45) is 0. The Morgan fingerprint density at radius 2 is 2.26 bits per heavy atom. The maximum atomic E-state index is 13.2. The first-order valence-electron chi connectivity index (χ1n) is 8.95. The van der Waals surface area contributed by atoms with Crippen LogP contribution in [-0.2, 0) is 19.5 Å². The van der Waals surface area contributed by atoms with E-state index in [1.165, 1.54) is 5.38 Å². The van der Waals surface area contributed by atoms with Gasteiger partial charge in [-0.15, -0.1) is 11.3 Å². The number of anilines is 1. The number of carbonyl (C=O) groups is 1. The third-order valence-corrected chi connectivity index (χ3v) is 5.49. The quantitative estimate of drug-likeness (QED) is 0.569. The Kier molecular flexibility index (Phi) is 3.14. The van der Waals surface area contributed by atoms with E-state index < -0.39 is 58.5 Å². The molecule has 0 N–H and O–H groups in total. The van der Waals surface area contributed by atoms with Crippen LogP contribution in [0.2, 0.25) is 0 Å². The molecular formula is C13H16N2O6S2. The molecule has 2 aromatic rings. The number of carbonyl (C=O) groups excluding carboxylic acids is 1. The number of esters is 1. The molecule has 0 bridgehead atoms. The number of hydrogen-bond donors (Lipinski definition) is 0. The lowest BCUT2D eigenvalue weighted by atomic mass is 10.3. The van der Waals surface area contributed by atoms with Gasteiger partial charge >= 0.3 is 5.97 Å². The lowest BCUT2D eigenvalue weighted by Gasteiger charge is -2.20. The van der Waals surface area contributed by atoms with E-state index in [1.54, 1.807) is 0 Å². The smallest absolute Gasteiger partial charge is 0.349 e. The number of aromatic nitrogens is 1. The van der Waals surface area contributed by atoms with E-state index in [-0.39, 0.29) is 4.88 Å². The zero-order valence-corrected chi connectivity index (χ0v) is 13.7. The zero-order valence-electron chi connectivity index (χ0n) is 18.0. The van der Waals surface area contributed by atoms with Gasteiger partial charge in [0.15, 0.2) is 0 Å². The summed E-state index contributed by atoms with van der Waals surface area (Å²) in [5, 5.41) is 4.60. The van der Waals surface area contributed by atoms with E-state index >= 15 is 0 Å². The van der Waals surface area contributed by atoms with Crippen LogP contribution in [0.15, 0.2) is 20.9 Å². The summed E-state index contributed by atoms with van der Waals surface area (Å²) in [4.78, 5) is 11.1. The highest BCUT2D eigenvalue weighted by atomic mass is 32.2. The number of hydrogen-bond acceptors (Lipinski definition) is 8. The minimum atomic E-state index is -4.62. The van der Waals surface area contributed by atoms with Crippen LogP contribution in [0.5, 0.6) is 0 Å². The second kappa shape index (κ2) is 6.69. The standard InChI is InChI=1S/C13H16N2O6S2/c1-8-9(2)14-21-12(8)15(7-19-3)23(17,18)10-5-6-22-11(10)13(16)20-4/h5-6H,7H2,1-4H3/i1D3,2D3. The third-order valence-electron chi connectivity index (χ3n) is 2.71. The maximum absolute atomic E-state index is 13.2. The van der Waals surface area contributed by atoms with Crippen molar-refractivity contribution in [3.8, 4) is 0 Å². The van der Waals surface area contributed by atoms with E-state index in [9.17, 15) is 13.2 Å². The van der Waals surface area contributed by atoms with Gasteiger partial charge in [0.05, 0.1) is 12.8 Å². The number of thiophene rings is 1. The van der Waals surface area contributed by atoms with Gasteiger partial charge in [0, 0.05) is 20.9 Å². The molecule has 0 aliphatic rings. The van der Waals surface area contributed by atoms with E-state index in [2.05, 4.69) is 9.89 Å². The Bertz CT molecular complexity index is 994. The molecule has 0 spiro atoms. The van der Waals surface area contributed by atoms with Gasteiger partial charge in [0.2, 0.25) is 5.88 Å². The first-order valence-corrected chi connectivity index (χ1v) is 8.27. The fourth-order valence-electron chi connectivity index (χ4n) is 1.67. The van der Waals surface area contributed by atoms with Gasteiger partial charge in [-0.05, 0) is 25.2 Å². The van der Waals surface area contributed by atoms with Crippen LogP contribution in [0.4, 0.5) is 5.88 Å². The minimum absolute atomic E-state index is 0.264. The van der Waals surface area contributed by atoms with Crippen LogP contribution < -0.4 is 4.31 Å². The van der Waals surface area contributed by atoms with Crippen LogP contribution in [0.3, 0.4) is 0 Å². The van der Waals surface area contributed by atoms with Gasteiger partial charge in [0.25, 0.3) is 10.0 Å². The highest BCUT2D eigenvalue weighted by molar-refractivity contribution is 7.93. The molecule has 8 nitrogen and oxygen atoms in total. The summed E-state index contributed by atoms with van der Waals surface area (Å²) in [5.74, 6) is -1.77. The fourth-order valence-corrected chi connectivity index (χ4v) is 4.30. The Morgan fingerprint density at radius 3 is 2.87 bits per heavy atom. The maximum Gasteiger partial charge on any atom is 0.349 e. The predicted octanol–water partition coefficient (Wildman–Crippen LogP) is 1.94. The second-order valence-electron chi connectivity index (χ2n) is 4.09. The normalized spacial score (nSPS) is 16.4. The van der Waals surface area contributed by atoms with Gasteiger partial charge in [-0.25, -0.2) is 17.5 Å². The first kappa shape index (κ1) is 10.8. The van der Waals surface area contributed by atoms with Crippen LogP contribution in [0.25, 0.3) is 0 Å². The van der Waals surface area contributed by atoms with Gasteiger partial charge in [0.1, 0.15) is 16.5 Å². The van der Waals surface area contributed by atoms with Crippen molar-refractivity contribution in [2.75, 3.05) is 25.3 Å². The molecule has 0 unspecified atom stereocenters. The fraction of sp³-hybridized carbons (Fsp3) is 0.385. The number of sulfonamides is 1. The molecule has 0 aliphatic carbocycles. The van der Waals surface area contributed by atoms with E-state index in [4.69, 9.17) is 17.5 Å². The molecule has 0 saturated heterocycles. The van der Waals surface area contributed by atoms with Crippen molar-refractivity contribution in [2.24, 2.45) is 0 Å². The van der Waals surface area contributed by atoms with E-state index in [0.717, 1.165) is 31.6 Å². The Labute approximate surface area is 146 Å². The van der Waals surface area contributed by atoms with E-state index in [0.29, 0.717) is 4.31 Å². The molecule has 0 aromatic carbocycles. The summed E-state index contributed by atoms with van der Waals surface area (Å²) in [6, 6.07) is 1.12. The number of methoxy groups -OCH3 is 2. The van der Waals surface area contributed by atoms with Crippen LogP contribution in [-0.4, -0.2) is 40.5 Å². The molecule has 10 heteroatoms. The lowest BCUT2D eigenvalue weighted by Crippen LogP contribution is -2.33. The van der Waals surface area contributed by atoms with Gasteiger partial charge < -0.3 is 14.0 Å². The zero-order chi connectivity index (χ0) is 22.2. The third kappa shape index (κ3) is 3.09. The lowest BCUT2D eigenvalue weighted by molar-refractivity contribution is 0.0602. The molecule has 23 heavy (non-hydrogen) atoms.